The first kappa shape index (κ1) is 17.9. The first-order valence-corrected chi connectivity index (χ1v) is 9.17. The highest BCUT2D eigenvalue weighted by Crippen LogP contribution is 2.21. The molecule has 0 saturated carbocycles. The molecule has 1 aromatic carbocycles. The normalized spacial score (nSPS) is 11.0. The van der Waals surface area contributed by atoms with E-state index >= 15 is 0 Å². The van der Waals surface area contributed by atoms with E-state index < -0.39 is 0 Å². The number of nitrogens with zero attached hydrogens (tertiary/aromatic N) is 6. The summed E-state index contributed by atoms with van der Waals surface area (Å²) in [5.41, 5.74) is 0.573. The number of carbonyl (C=O) groups is 1. The lowest BCUT2D eigenvalue weighted by Gasteiger charge is -2.18. The van der Waals surface area contributed by atoms with Crippen LogP contribution < -0.4 is 5.56 Å². The molecule has 0 spiro atoms. The number of aromatic nitrogens is 4. The minimum Gasteiger partial charge on any atom is -0.341 e. The van der Waals surface area contributed by atoms with Crippen molar-refractivity contribution in [1.82, 2.24) is 24.1 Å². The summed E-state index contributed by atoms with van der Waals surface area (Å²) >= 11 is 1.27. The number of aryl methyl sites for hydroxylation is 1. The fraction of sp³-hybridized carbons (Fsp3) is 0.353. The molecule has 0 aliphatic heterocycles. The van der Waals surface area contributed by atoms with Gasteiger partial charge in [-0.1, -0.05) is 23.9 Å². The summed E-state index contributed by atoms with van der Waals surface area (Å²) in [6.07, 6.45) is 0.310. The van der Waals surface area contributed by atoms with Gasteiger partial charge >= 0.3 is 0 Å². The van der Waals surface area contributed by atoms with Crippen molar-refractivity contribution in [2.45, 2.75) is 18.5 Å². The van der Waals surface area contributed by atoms with E-state index in [0.717, 1.165) is 0 Å². The van der Waals surface area contributed by atoms with Crippen molar-refractivity contribution in [3.05, 3.63) is 34.6 Å². The molecule has 0 atom stereocenters. The van der Waals surface area contributed by atoms with E-state index in [1.807, 2.05) is 25.1 Å². The minimum absolute atomic E-state index is 0.0568. The number of amides is 1. The van der Waals surface area contributed by atoms with E-state index in [4.69, 9.17) is 5.26 Å². The molecule has 0 unspecified atom stereocenters. The van der Waals surface area contributed by atoms with Crippen molar-refractivity contribution in [2.24, 2.45) is 7.05 Å². The van der Waals surface area contributed by atoms with Crippen molar-refractivity contribution in [3.63, 3.8) is 0 Å². The predicted octanol–water partition coefficient (Wildman–Crippen LogP) is 1.44. The van der Waals surface area contributed by atoms with Gasteiger partial charge in [0.05, 0.1) is 29.1 Å². The third kappa shape index (κ3) is 3.15. The third-order valence-corrected chi connectivity index (χ3v) is 5.06. The summed E-state index contributed by atoms with van der Waals surface area (Å²) in [6.45, 7) is 2.86. The Kier molecular flexibility index (Phi) is 5.23. The molecule has 2 heterocycles. The lowest BCUT2D eigenvalue weighted by molar-refractivity contribution is -0.128. The molecule has 0 fully saturated rings. The molecular formula is C17H18N6O2S. The summed E-state index contributed by atoms with van der Waals surface area (Å²) in [4.78, 5) is 26.5. The quantitative estimate of drug-likeness (QED) is 0.609. The number of benzene rings is 1. The number of thioether (sulfide) groups is 1. The molecule has 3 aromatic rings. The van der Waals surface area contributed by atoms with Crippen LogP contribution in [0.1, 0.15) is 13.3 Å². The molecule has 9 heteroatoms. The molecule has 3 rings (SSSR count). The van der Waals surface area contributed by atoms with Crippen molar-refractivity contribution in [1.29, 1.82) is 5.26 Å². The molecule has 0 N–H and O–H groups in total. The zero-order valence-corrected chi connectivity index (χ0v) is 15.4. The number of rotatable bonds is 6. The molecule has 8 nitrogen and oxygen atoms in total. The van der Waals surface area contributed by atoms with Gasteiger partial charge in [0.2, 0.25) is 11.7 Å². The largest absolute Gasteiger partial charge is 0.341 e. The first-order valence-electron chi connectivity index (χ1n) is 8.18. The van der Waals surface area contributed by atoms with Crippen LogP contribution in [0.2, 0.25) is 0 Å². The highest BCUT2D eigenvalue weighted by atomic mass is 32.2. The molecule has 134 valence electrons. The van der Waals surface area contributed by atoms with Crippen LogP contribution >= 0.6 is 11.8 Å². The van der Waals surface area contributed by atoms with E-state index in [-0.39, 0.29) is 17.2 Å². The van der Waals surface area contributed by atoms with Gasteiger partial charge in [-0.3, -0.25) is 18.6 Å². The fourth-order valence-corrected chi connectivity index (χ4v) is 3.61. The maximum absolute atomic E-state index is 12.4. The van der Waals surface area contributed by atoms with Gasteiger partial charge in [-0.2, -0.15) is 5.26 Å². The van der Waals surface area contributed by atoms with Gasteiger partial charge in [-0.25, -0.2) is 0 Å². The molecule has 26 heavy (non-hydrogen) atoms. The molecular weight excluding hydrogens is 352 g/mol. The maximum atomic E-state index is 12.4. The molecule has 0 aliphatic carbocycles. The second kappa shape index (κ2) is 7.58. The van der Waals surface area contributed by atoms with Gasteiger partial charge in [-0.15, -0.1) is 10.2 Å². The highest BCUT2D eigenvalue weighted by molar-refractivity contribution is 7.99. The molecule has 2 aromatic heterocycles. The Labute approximate surface area is 154 Å². The van der Waals surface area contributed by atoms with Crippen molar-refractivity contribution in [2.75, 3.05) is 18.8 Å². The molecule has 1 amide bonds. The van der Waals surface area contributed by atoms with Crippen LogP contribution in [0, 0.1) is 11.3 Å². The van der Waals surface area contributed by atoms with Crippen LogP contribution in [0.15, 0.2) is 34.2 Å². The number of hydrogen-bond acceptors (Lipinski definition) is 6. The number of para-hydroxylation sites is 1. The second-order valence-electron chi connectivity index (χ2n) is 5.67. The summed E-state index contributed by atoms with van der Waals surface area (Å²) in [5, 5.41) is 18.1. The summed E-state index contributed by atoms with van der Waals surface area (Å²) in [5.74, 6) is 0.566. The van der Waals surface area contributed by atoms with Crippen LogP contribution in [-0.4, -0.2) is 48.8 Å². The van der Waals surface area contributed by atoms with Gasteiger partial charge in [0, 0.05) is 20.1 Å². The van der Waals surface area contributed by atoms with Crippen LogP contribution in [-0.2, 0) is 11.8 Å². The van der Waals surface area contributed by atoms with Crippen molar-refractivity contribution < 1.29 is 4.79 Å². The maximum Gasteiger partial charge on any atom is 0.262 e. The molecule has 0 bridgehead atoms. The Morgan fingerprint density at radius 1 is 1.35 bits per heavy atom. The Balaban J connectivity index is 1.94. The SMILES string of the molecule is CCN(CCC#N)C(=O)CSc1nnc2n(C)c(=O)c3ccccc3n12. The van der Waals surface area contributed by atoms with Gasteiger partial charge in [0.1, 0.15) is 0 Å². The summed E-state index contributed by atoms with van der Waals surface area (Å²) in [6, 6.07) is 9.31. The smallest absolute Gasteiger partial charge is 0.262 e. The first-order chi connectivity index (χ1) is 12.6. The van der Waals surface area contributed by atoms with Gasteiger partial charge in [0.15, 0.2) is 5.16 Å². The molecule has 0 aliphatic rings. The minimum atomic E-state index is -0.137. The summed E-state index contributed by atoms with van der Waals surface area (Å²) in [7, 11) is 1.65. The van der Waals surface area contributed by atoms with Crippen LogP contribution in [0.3, 0.4) is 0 Å². The topological polar surface area (TPSA) is 96.3 Å². The van der Waals surface area contributed by atoms with E-state index in [0.29, 0.717) is 41.3 Å². The number of fused-ring (bicyclic) bond motifs is 3. The van der Waals surface area contributed by atoms with E-state index in [2.05, 4.69) is 16.3 Å². The zero-order chi connectivity index (χ0) is 18.7. The Morgan fingerprint density at radius 3 is 2.85 bits per heavy atom. The molecule has 0 saturated heterocycles. The Hall–Kier alpha value is -2.86. The van der Waals surface area contributed by atoms with E-state index in [1.165, 1.54) is 16.3 Å². The number of hydrogen-bond donors (Lipinski definition) is 0. The zero-order valence-electron chi connectivity index (χ0n) is 14.5. The van der Waals surface area contributed by atoms with Crippen LogP contribution in [0.5, 0.6) is 0 Å². The average molecular weight is 370 g/mol. The number of carbonyl (C=O) groups excluding carboxylic acids is 1. The van der Waals surface area contributed by atoms with Crippen molar-refractivity contribution >= 4 is 34.3 Å². The van der Waals surface area contributed by atoms with Crippen molar-refractivity contribution in [3.8, 4) is 6.07 Å². The summed E-state index contributed by atoms with van der Waals surface area (Å²) < 4.78 is 3.24. The lowest BCUT2D eigenvalue weighted by Crippen LogP contribution is -2.33. The Morgan fingerprint density at radius 2 is 2.12 bits per heavy atom. The van der Waals surface area contributed by atoms with Crippen LogP contribution in [0.25, 0.3) is 16.7 Å². The van der Waals surface area contributed by atoms with E-state index in [9.17, 15) is 9.59 Å². The van der Waals surface area contributed by atoms with Gasteiger partial charge in [-0.05, 0) is 19.1 Å². The Bertz CT molecular complexity index is 1060. The van der Waals surface area contributed by atoms with E-state index in [1.54, 1.807) is 22.4 Å². The highest BCUT2D eigenvalue weighted by Gasteiger charge is 2.17. The van der Waals surface area contributed by atoms with Crippen LogP contribution in [0.4, 0.5) is 0 Å². The monoisotopic (exact) mass is 370 g/mol. The fourth-order valence-electron chi connectivity index (χ4n) is 2.77. The average Bonchev–Trinajstić information content (AvgIpc) is 3.09. The standard InChI is InChI=1S/C17H18N6O2S/c1-3-22(10-6-9-18)14(24)11-26-17-20-19-16-21(2)15(25)12-7-4-5-8-13(12)23(16)17/h4-5,7-8H,3,6,10-11H2,1-2H3. The lowest BCUT2D eigenvalue weighted by atomic mass is 10.2. The predicted molar refractivity (Wildman–Crippen MR) is 98.9 cm³/mol. The number of nitriles is 1. The molecule has 0 radical (unpaired) electrons. The third-order valence-electron chi connectivity index (χ3n) is 4.15. The van der Waals surface area contributed by atoms with Gasteiger partial charge in [0.25, 0.3) is 5.56 Å². The second-order valence-corrected chi connectivity index (χ2v) is 6.61. The van der Waals surface area contributed by atoms with Gasteiger partial charge < -0.3 is 4.90 Å².